The third-order valence-corrected chi connectivity index (χ3v) is 6.15. The molecular formula is C25H25ClN2O6S. The highest BCUT2D eigenvalue weighted by Crippen LogP contribution is 2.36. The second-order valence-electron chi connectivity index (χ2n) is 7.04. The number of halogens is 1. The van der Waals surface area contributed by atoms with Gasteiger partial charge >= 0.3 is 0 Å². The minimum atomic E-state index is -0.373. The van der Waals surface area contributed by atoms with E-state index < -0.39 is 0 Å². The van der Waals surface area contributed by atoms with E-state index >= 15 is 0 Å². The predicted molar refractivity (Wildman–Crippen MR) is 138 cm³/mol. The minimum Gasteiger partial charge on any atom is -0.496 e. The molecule has 8 nitrogen and oxygen atoms in total. The molecule has 0 aliphatic heterocycles. The summed E-state index contributed by atoms with van der Waals surface area (Å²) in [6.45, 7) is 0. The lowest BCUT2D eigenvalue weighted by Gasteiger charge is -2.14. The molecule has 184 valence electrons. The van der Waals surface area contributed by atoms with E-state index in [0.29, 0.717) is 45.0 Å². The van der Waals surface area contributed by atoms with Crippen LogP contribution < -0.4 is 29.6 Å². The molecule has 0 aromatic heterocycles. The van der Waals surface area contributed by atoms with Crippen molar-refractivity contribution in [2.45, 2.75) is 4.90 Å². The number of thioether (sulfide) groups is 1. The molecule has 0 saturated carbocycles. The van der Waals surface area contributed by atoms with E-state index in [-0.39, 0.29) is 17.6 Å². The van der Waals surface area contributed by atoms with Crippen molar-refractivity contribution >= 4 is 46.6 Å². The van der Waals surface area contributed by atoms with Gasteiger partial charge < -0.3 is 29.6 Å². The molecule has 0 unspecified atom stereocenters. The van der Waals surface area contributed by atoms with E-state index in [0.717, 1.165) is 4.90 Å². The van der Waals surface area contributed by atoms with Crippen LogP contribution in [0.4, 0.5) is 11.4 Å². The van der Waals surface area contributed by atoms with Gasteiger partial charge in [0.15, 0.2) is 0 Å². The lowest BCUT2D eigenvalue weighted by Crippen LogP contribution is -2.15. The molecule has 3 aromatic rings. The molecule has 2 amide bonds. The molecule has 0 aliphatic rings. The van der Waals surface area contributed by atoms with Gasteiger partial charge in [0.25, 0.3) is 5.91 Å². The Bertz CT molecular complexity index is 1200. The van der Waals surface area contributed by atoms with Crippen molar-refractivity contribution in [3.05, 3.63) is 65.2 Å². The Labute approximate surface area is 212 Å². The monoisotopic (exact) mass is 516 g/mol. The zero-order chi connectivity index (χ0) is 25.4. The van der Waals surface area contributed by atoms with Crippen LogP contribution in [0.2, 0.25) is 5.02 Å². The molecule has 0 saturated heterocycles. The number of carbonyl (C=O) groups is 2. The van der Waals surface area contributed by atoms with Crippen molar-refractivity contribution in [1.82, 2.24) is 0 Å². The quantitative estimate of drug-likeness (QED) is 0.350. The van der Waals surface area contributed by atoms with Gasteiger partial charge in [0.2, 0.25) is 5.91 Å². The minimum absolute atomic E-state index is 0.129. The van der Waals surface area contributed by atoms with Crippen molar-refractivity contribution in [2.24, 2.45) is 0 Å². The van der Waals surface area contributed by atoms with Gasteiger partial charge in [-0.25, -0.2) is 0 Å². The molecule has 0 heterocycles. The molecule has 10 heteroatoms. The smallest absolute Gasteiger partial charge is 0.263 e. The molecule has 0 bridgehead atoms. The van der Waals surface area contributed by atoms with E-state index in [1.807, 2.05) is 6.07 Å². The fourth-order valence-corrected chi connectivity index (χ4v) is 4.22. The maximum Gasteiger partial charge on any atom is 0.263 e. The lowest BCUT2D eigenvalue weighted by atomic mass is 10.1. The average molecular weight is 517 g/mol. The van der Waals surface area contributed by atoms with Crippen LogP contribution >= 0.6 is 23.4 Å². The summed E-state index contributed by atoms with van der Waals surface area (Å²) in [6.07, 6.45) is 0. The van der Waals surface area contributed by atoms with Crippen LogP contribution in [-0.4, -0.2) is 46.0 Å². The predicted octanol–water partition coefficient (Wildman–Crippen LogP) is 5.36. The Morgan fingerprint density at radius 2 is 1.43 bits per heavy atom. The fraction of sp³-hybridized carbons (Fsp3) is 0.200. The van der Waals surface area contributed by atoms with Crippen molar-refractivity contribution in [2.75, 3.05) is 44.8 Å². The molecule has 0 fully saturated rings. The Morgan fingerprint density at radius 1 is 0.800 bits per heavy atom. The first-order valence-corrected chi connectivity index (χ1v) is 11.7. The SMILES string of the molecule is COc1cc(OC)c(NC(=O)CSc2cccc(NC(=O)c3c(OC)cccc3OC)c2)cc1Cl. The normalized spacial score (nSPS) is 10.3. The topological polar surface area (TPSA) is 95.1 Å². The van der Waals surface area contributed by atoms with Gasteiger partial charge in [0, 0.05) is 16.6 Å². The summed E-state index contributed by atoms with van der Waals surface area (Å²) >= 11 is 7.48. The highest BCUT2D eigenvalue weighted by molar-refractivity contribution is 8.00. The summed E-state index contributed by atoms with van der Waals surface area (Å²) in [5, 5.41) is 6.00. The van der Waals surface area contributed by atoms with Crippen LogP contribution in [-0.2, 0) is 4.79 Å². The highest BCUT2D eigenvalue weighted by Gasteiger charge is 2.18. The zero-order valence-electron chi connectivity index (χ0n) is 19.6. The summed E-state index contributed by atoms with van der Waals surface area (Å²) < 4.78 is 21.1. The first kappa shape index (κ1) is 26.1. The maximum absolute atomic E-state index is 12.9. The van der Waals surface area contributed by atoms with Crippen LogP contribution in [0.25, 0.3) is 0 Å². The summed E-state index contributed by atoms with van der Waals surface area (Å²) in [5.41, 5.74) is 1.30. The van der Waals surface area contributed by atoms with E-state index in [1.54, 1.807) is 48.5 Å². The van der Waals surface area contributed by atoms with E-state index in [4.69, 9.17) is 30.5 Å². The second-order valence-corrected chi connectivity index (χ2v) is 8.50. The van der Waals surface area contributed by atoms with Gasteiger partial charge in [-0.2, -0.15) is 0 Å². The van der Waals surface area contributed by atoms with Gasteiger partial charge in [-0.3, -0.25) is 9.59 Å². The number of hydrogen-bond acceptors (Lipinski definition) is 7. The standard InChI is InChI=1S/C25H25ClN2O6S/c1-31-19-9-6-10-20(32-2)24(19)25(30)27-15-7-5-8-16(11-15)35-14-23(29)28-18-12-17(26)21(33-3)13-22(18)34-4/h5-13H,14H2,1-4H3,(H,27,30)(H,28,29). The highest BCUT2D eigenvalue weighted by atomic mass is 35.5. The first-order chi connectivity index (χ1) is 16.9. The van der Waals surface area contributed by atoms with Crippen LogP contribution in [0.5, 0.6) is 23.0 Å². The number of anilines is 2. The molecule has 3 rings (SSSR count). The zero-order valence-corrected chi connectivity index (χ0v) is 21.2. The first-order valence-electron chi connectivity index (χ1n) is 10.4. The molecule has 0 atom stereocenters. The molecule has 0 aliphatic carbocycles. The number of rotatable bonds is 10. The summed E-state index contributed by atoms with van der Waals surface area (Å²) in [7, 11) is 5.97. The Hall–Kier alpha value is -3.56. The number of amides is 2. The third kappa shape index (κ3) is 6.52. The van der Waals surface area contributed by atoms with Gasteiger partial charge in [-0.05, 0) is 36.4 Å². The molecule has 0 spiro atoms. The average Bonchev–Trinajstić information content (AvgIpc) is 2.87. The lowest BCUT2D eigenvalue weighted by molar-refractivity contribution is -0.113. The number of carbonyl (C=O) groups excluding carboxylic acids is 2. The number of benzene rings is 3. The van der Waals surface area contributed by atoms with Gasteiger partial charge in [-0.1, -0.05) is 23.7 Å². The fourth-order valence-electron chi connectivity index (χ4n) is 3.23. The van der Waals surface area contributed by atoms with Crippen LogP contribution in [0.1, 0.15) is 10.4 Å². The van der Waals surface area contributed by atoms with Crippen molar-refractivity contribution in [1.29, 1.82) is 0 Å². The summed E-state index contributed by atoms with van der Waals surface area (Å²) in [5.74, 6) is 1.19. The van der Waals surface area contributed by atoms with Crippen molar-refractivity contribution in [3.8, 4) is 23.0 Å². The third-order valence-electron chi connectivity index (χ3n) is 4.86. The van der Waals surface area contributed by atoms with E-state index in [1.165, 1.54) is 40.2 Å². The Balaban J connectivity index is 1.66. The Morgan fingerprint density at radius 3 is 2.06 bits per heavy atom. The van der Waals surface area contributed by atoms with Crippen molar-refractivity contribution in [3.63, 3.8) is 0 Å². The molecular weight excluding hydrogens is 492 g/mol. The van der Waals surface area contributed by atoms with E-state index in [9.17, 15) is 9.59 Å². The second kappa shape index (κ2) is 12.2. The largest absolute Gasteiger partial charge is 0.496 e. The molecule has 0 radical (unpaired) electrons. The van der Waals surface area contributed by atoms with Crippen LogP contribution in [0.3, 0.4) is 0 Å². The van der Waals surface area contributed by atoms with Gasteiger partial charge in [0.05, 0.1) is 44.9 Å². The maximum atomic E-state index is 12.9. The number of methoxy groups -OCH3 is 4. The molecule has 3 aromatic carbocycles. The summed E-state index contributed by atoms with van der Waals surface area (Å²) in [4.78, 5) is 26.3. The number of ether oxygens (including phenoxy) is 4. The van der Waals surface area contributed by atoms with Gasteiger partial charge in [-0.15, -0.1) is 11.8 Å². The van der Waals surface area contributed by atoms with Gasteiger partial charge in [0.1, 0.15) is 28.6 Å². The number of nitrogens with one attached hydrogen (secondary N) is 2. The molecule has 2 N–H and O–H groups in total. The number of hydrogen-bond donors (Lipinski definition) is 2. The Kier molecular flexibility index (Phi) is 9.11. The van der Waals surface area contributed by atoms with Crippen LogP contribution in [0.15, 0.2) is 59.5 Å². The molecule has 35 heavy (non-hydrogen) atoms. The van der Waals surface area contributed by atoms with Crippen LogP contribution in [0, 0.1) is 0 Å². The summed E-state index contributed by atoms with van der Waals surface area (Å²) in [6, 6.07) is 15.5. The van der Waals surface area contributed by atoms with Crippen molar-refractivity contribution < 1.29 is 28.5 Å². The van der Waals surface area contributed by atoms with E-state index in [2.05, 4.69) is 10.6 Å².